The summed E-state index contributed by atoms with van der Waals surface area (Å²) in [5.41, 5.74) is 5.98. The quantitative estimate of drug-likeness (QED) is 0.147. The Morgan fingerprint density at radius 3 is 2.30 bits per heavy atom. The van der Waals surface area contributed by atoms with E-state index < -0.39 is 0 Å². The molecule has 0 aliphatic carbocycles. The molecule has 6 nitrogen and oxygen atoms in total. The molecule has 0 saturated carbocycles. The Bertz CT molecular complexity index is 1760. The smallest absolute Gasteiger partial charge is 0.337 e. The van der Waals surface area contributed by atoms with Crippen molar-refractivity contribution in [2.45, 2.75) is 13.5 Å². The number of carbonyl (C=O) groups is 1. The normalized spacial score (nSPS) is 11.1. The lowest BCUT2D eigenvalue weighted by atomic mass is 10.0. The number of methoxy groups -OCH3 is 2. The molecule has 0 amide bonds. The molecule has 0 bridgehead atoms. The molecule has 1 aromatic heterocycles. The minimum atomic E-state index is -0.376. The largest absolute Gasteiger partial charge is 0.496 e. The molecule has 0 unspecified atom stereocenters. The molecule has 0 aliphatic heterocycles. The number of rotatable bonds is 10. The number of carbonyl (C=O) groups excluding carboxylic acids is 1. The zero-order valence-electron chi connectivity index (χ0n) is 24.0. The summed E-state index contributed by atoms with van der Waals surface area (Å²) in [7, 11) is 3.02. The van der Waals surface area contributed by atoms with Gasteiger partial charge in [0.25, 0.3) is 0 Å². The first-order chi connectivity index (χ1) is 20.9. The lowest BCUT2D eigenvalue weighted by Crippen LogP contribution is -2.03. The van der Waals surface area contributed by atoms with E-state index in [0.717, 1.165) is 39.3 Å². The van der Waals surface area contributed by atoms with Gasteiger partial charge < -0.3 is 18.8 Å². The lowest BCUT2D eigenvalue weighted by Gasteiger charge is -2.10. The van der Waals surface area contributed by atoms with Gasteiger partial charge in [-0.15, -0.1) is 0 Å². The summed E-state index contributed by atoms with van der Waals surface area (Å²) in [6.07, 6.45) is 5.90. The van der Waals surface area contributed by atoms with Crippen LogP contribution in [0.1, 0.15) is 34.2 Å². The van der Waals surface area contributed by atoms with Crippen LogP contribution in [0.2, 0.25) is 10.0 Å². The summed E-state index contributed by atoms with van der Waals surface area (Å²) in [6.45, 7) is 3.11. The highest BCUT2D eigenvalue weighted by Gasteiger charge is 2.13. The molecule has 0 radical (unpaired) electrons. The fourth-order valence-corrected chi connectivity index (χ4v) is 5.20. The van der Waals surface area contributed by atoms with Gasteiger partial charge in [0, 0.05) is 28.9 Å². The first-order valence-corrected chi connectivity index (χ1v) is 14.4. The molecule has 5 aromatic rings. The molecule has 43 heavy (non-hydrogen) atoms. The predicted octanol–water partition coefficient (Wildman–Crippen LogP) is 8.94. The van der Waals surface area contributed by atoms with Crippen molar-refractivity contribution in [3.8, 4) is 33.9 Å². The molecular formula is C35H30Cl2N2O4. The fourth-order valence-electron chi connectivity index (χ4n) is 4.70. The third-order valence-corrected chi connectivity index (χ3v) is 7.43. The predicted molar refractivity (Wildman–Crippen MR) is 173 cm³/mol. The van der Waals surface area contributed by atoms with E-state index in [1.807, 2.05) is 84.4 Å². The summed E-state index contributed by atoms with van der Waals surface area (Å²) in [5.74, 6) is 1.91. The van der Waals surface area contributed by atoms with E-state index >= 15 is 0 Å². The van der Waals surface area contributed by atoms with Crippen LogP contribution in [0.25, 0.3) is 34.5 Å². The van der Waals surface area contributed by atoms with Crippen LogP contribution in [0.3, 0.4) is 0 Å². The minimum Gasteiger partial charge on any atom is -0.496 e. The molecule has 218 valence electrons. The molecule has 0 saturated heterocycles. The molecule has 0 fully saturated rings. The van der Waals surface area contributed by atoms with Crippen LogP contribution in [-0.2, 0) is 11.3 Å². The topological polar surface area (TPSA) is 62.6 Å². The Hall–Kier alpha value is -4.52. The van der Waals surface area contributed by atoms with Gasteiger partial charge in [0.05, 0.1) is 37.1 Å². The number of halogens is 2. The van der Waals surface area contributed by atoms with E-state index in [9.17, 15) is 4.79 Å². The van der Waals surface area contributed by atoms with E-state index in [1.54, 1.807) is 31.4 Å². The molecule has 4 aromatic carbocycles. The molecule has 0 atom stereocenters. The maximum absolute atomic E-state index is 11.9. The zero-order valence-corrected chi connectivity index (χ0v) is 25.5. The van der Waals surface area contributed by atoms with Gasteiger partial charge >= 0.3 is 5.97 Å². The minimum absolute atomic E-state index is 0.376. The van der Waals surface area contributed by atoms with Crippen LogP contribution in [0.5, 0.6) is 11.5 Å². The number of benzene rings is 4. The maximum atomic E-state index is 11.9. The summed E-state index contributed by atoms with van der Waals surface area (Å²) >= 11 is 12.7. The number of hydrogen-bond donors (Lipinski definition) is 0. The SMILES string of the molecule is CCOc1ccc(-c2ccc(OC)c(C=Cc3nc(-c4ccc(Cl)cc4Cl)cn3Cc3ccc(C(=O)OC)cc3)c2)cc1. The van der Waals surface area contributed by atoms with E-state index in [0.29, 0.717) is 40.3 Å². The lowest BCUT2D eigenvalue weighted by molar-refractivity contribution is 0.0600. The number of ether oxygens (including phenoxy) is 3. The number of imidazole rings is 1. The summed E-state index contributed by atoms with van der Waals surface area (Å²) in [4.78, 5) is 16.8. The second-order valence-corrected chi connectivity index (χ2v) is 10.5. The first-order valence-electron chi connectivity index (χ1n) is 13.7. The molecule has 1 heterocycles. The van der Waals surface area contributed by atoms with Crippen molar-refractivity contribution in [3.63, 3.8) is 0 Å². The van der Waals surface area contributed by atoms with Crippen LogP contribution in [0, 0.1) is 0 Å². The molecule has 0 spiro atoms. The van der Waals surface area contributed by atoms with E-state index in [4.69, 9.17) is 42.4 Å². The highest BCUT2D eigenvalue weighted by molar-refractivity contribution is 6.36. The van der Waals surface area contributed by atoms with Crippen LogP contribution in [0.15, 0.2) is 91.1 Å². The van der Waals surface area contributed by atoms with Gasteiger partial charge in [-0.3, -0.25) is 0 Å². The van der Waals surface area contributed by atoms with Gasteiger partial charge in [0.2, 0.25) is 0 Å². The van der Waals surface area contributed by atoms with Crippen molar-refractivity contribution in [3.05, 3.63) is 124 Å². The van der Waals surface area contributed by atoms with Gasteiger partial charge in [-0.2, -0.15) is 0 Å². The van der Waals surface area contributed by atoms with Crippen molar-refractivity contribution in [2.75, 3.05) is 20.8 Å². The Labute approximate surface area is 261 Å². The second kappa shape index (κ2) is 13.6. The van der Waals surface area contributed by atoms with Crippen LogP contribution >= 0.6 is 23.2 Å². The van der Waals surface area contributed by atoms with Crippen LogP contribution in [-0.4, -0.2) is 36.3 Å². The fraction of sp³-hybridized carbons (Fsp3) is 0.143. The molecule has 0 aliphatic rings. The third kappa shape index (κ3) is 7.11. The van der Waals surface area contributed by atoms with Crippen molar-refractivity contribution >= 4 is 41.3 Å². The Morgan fingerprint density at radius 2 is 1.63 bits per heavy atom. The number of nitrogens with zero attached hydrogens (tertiary/aromatic N) is 2. The standard InChI is InChI=1S/C35H30Cl2N2O4/c1-4-43-29-14-9-24(10-15-29)26-11-17-33(41-2)27(19-26)12-18-34-38-32(30-16-13-28(36)20-31(30)37)22-39(34)21-23-5-7-25(8-6-23)35(40)42-3/h5-20,22H,4,21H2,1-3H3. The van der Waals surface area contributed by atoms with Gasteiger partial charge in [0.15, 0.2) is 0 Å². The third-order valence-electron chi connectivity index (χ3n) is 6.88. The van der Waals surface area contributed by atoms with Crippen molar-refractivity contribution in [2.24, 2.45) is 0 Å². The first kappa shape index (κ1) is 30.0. The summed E-state index contributed by atoms with van der Waals surface area (Å²) in [6, 6.07) is 26.8. The molecule has 0 N–H and O–H groups in total. The maximum Gasteiger partial charge on any atom is 0.337 e. The Balaban J connectivity index is 1.51. The van der Waals surface area contributed by atoms with E-state index in [1.165, 1.54) is 7.11 Å². The van der Waals surface area contributed by atoms with Crippen LogP contribution < -0.4 is 9.47 Å². The van der Waals surface area contributed by atoms with Crippen molar-refractivity contribution < 1.29 is 19.0 Å². The van der Waals surface area contributed by atoms with E-state index in [-0.39, 0.29) is 5.97 Å². The van der Waals surface area contributed by atoms with E-state index in [2.05, 4.69) is 6.07 Å². The summed E-state index contributed by atoms with van der Waals surface area (Å²) < 4.78 is 18.1. The van der Waals surface area contributed by atoms with Crippen molar-refractivity contribution in [1.82, 2.24) is 9.55 Å². The summed E-state index contributed by atoms with van der Waals surface area (Å²) in [5, 5.41) is 1.07. The number of esters is 1. The van der Waals surface area contributed by atoms with Gasteiger partial charge in [-0.25, -0.2) is 9.78 Å². The number of aromatic nitrogens is 2. The highest BCUT2D eigenvalue weighted by atomic mass is 35.5. The second-order valence-electron chi connectivity index (χ2n) is 9.67. The number of hydrogen-bond acceptors (Lipinski definition) is 5. The Morgan fingerprint density at radius 1 is 0.884 bits per heavy atom. The molecule has 5 rings (SSSR count). The average molecular weight is 614 g/mol. The highest BCUT2D eigenvalue weighted by Crippen LogP contribution is 2.32. The Kier molecular flexibility index (Phi) is 9.50. The molecular weight excluding hydrogens is 583 g/mol. The van der Waals surface area contributed by atoms with Crippen molar-refractivity contribution in [1.29, 1.82) is 0 Å². The van der Waals surface area contributed by atoms with Gasteiger partial charge in [0.1, 0.15) is 17.3 Å². The molecule has 8 heteroatoms. The monoisotopic (exact) mass is 612 g/mol. The zero-order chi connectivity index (χ0) is 30.3. The van der Waals surface area contributed by atoms with Gasteiger partial charge in [-0.1, -0.05) is 53.5 Å². The van der Waals surface area contributed by atoms with Gasteiger partial charge in [-0.05, 0) is 90.4 Å². The average Bonchev–Trinajstić information content (AvgIpc) is 3.42. The van der Waals surface area contributed by atoms with Crippen LogP contribution in [0.4, 0.5) is 0 Å².